The van der Waals surface area contributed by atoms with E-state index in [2.05, 4.69) is 15.4 Å². The third-order valence-electron chi connectivity index (χ3n) is 3.76. The minimum absolute atomic E-state index is 0.0191. The van der Waals surface area contributed by atoms with Crippen molar-refractivity contribution in [2.45, 2.75) is 32.6 Å². The summed E-state index contributed by atoms with van der Waals surface area (Å²) in [5, 5.41) is 4.02. The fourth-order valence-corrected chi connectivity index (χ4v) is 2.55. The Morgan fingerprint density at radius 1 is 1.23 bits per heavy atom. The summed E-state index contributed by atoms with van der Waals surface area (Å²) in [7, 11) is 0. The van der Waals surface area contributed by atoms with Crippen molar-refractivity contribution in [1.29, 1.82) is 0 Å². The molecule has 0 aliphatic carbocycles. The number of hydrazone groups is 1. The number of piperidine rings is 1. The number of carbonyl (C=O) groups excluding carboxylic acids is 1. The summed E-state index contributed by atoms with van der Waals surface area (Å²) in [5.41, 5.74) is 4.73. The summed E-state index contributed by atoms with van der Waals surface area (Å²) in [6, 6.07) is 10.1. The molecule has 2 rings (SSSR count). The first kappa shape index (κ1) is 16.4. The summed E-state index contributed by atoms with van der Waals surface area (Å²) in [5.74, 6) is -0.0191. The van der Waals surface area contributed by atoms with Gasteiger partial charge in [-0.15, -0.1) is 0 Å². The van der Waals surface area contributed by atoms with Crippen LogP contribution < -0.4 is 5.43 Å². The molecule has 1 aliphatic heterocycles. The summed E-state index contributed by atoms with van der Waals surface area (Å²) < 4.78 is 0. The van der Waals surface area contributed by atoms with Crippen molar-refractivity contribution in [3.63, 3.8) is 0 Å². The van der Waals surface area contributed by atoms with Gasteiger partial charge in [0.25, 0.3) is 0 Å². The Balaban J connectivity index is 1.69. The van der Waals surface area contributed by atoms with Gasteiger partial charge in [0.2, 0.25) is 5.91 Å². The highest BCUT2D eigenvalue weighted by Gasteiger charge is 2.11. The third-order valence-corrected chi connectivity index (χ3v) is 3.76. The quantitative estimate of drug-likeness (QED) is 0.648. The van der Waals surface area contributed by atoms with Gasteiger partial charge in [-0.05, 0) is 44.0 Å². The van der Waals surface area contributed by atoms with Crippen LogP contribution in [0.4, 0.5) is 0 Å². The van der Waals surface area contributed by atoms with Crippen molar-refractivity contribution >= 4 is 18.2 Å². The predicted octanol–water partition coefficient (Wildman–Crippen LogP) is 3.07. The fourth-order valence-electron chi connectivity index (χ4n) is 2.55. The van der Waals surface area contributed by atoms with Gasteiger partial charge in [-0.3, -0.25) is 4.79 Å². The van der Waals surface area contributed by atoms with Crippen LogP contribution in [0.25, 0.3) is 6.08 Å². The van der Waals surface area contributed by atoms with Crippen LogP contribution >= 0.6 is 0 Å². The van der Waals surface area contributed by atoms with E-state index in [4.69, 9.17) is 0 Å². The standard InChI is InChI=1S/C18H25N3O/c1-16(14-17-8-4-2-5-9-17)15-19-20-18(22)10-13-21-11-6-3-7-12-21/h2,4-5,8-9,14-15H,3,6-7,10-13H2,1H3,(H,20,22)/b16-14+,19-15+. The average molecular weight is 299 g/mol. The van der Waals surface area contributed by atoms with Crippen molar-refractivity contribution in [1.82, 2.24) is 10.3 Å². The number of benzene rings is 1. The average Bonchev–Trinajstić information content (AvgIpc) is 2.55. The molecule has 0 bridgehead atoms. The van der Waals surface area contributed by atoms with Gasteiger partial charge in [0, 0.05) is 13.0 Å². The van der Waals surface area contributed by atoms with Gasteiger partial charge in [0.1, 0.15) is 0 Å². The van der Waals surface area contributed by atoms with Gasteiger partial charge in [0.15, 0.2) is 0 Å². The van der Waals surface area contributed by atoms with Crippen LogP contribution in [0.5, 0.6) is 0 Å². The molecule has 0 saturated carbocycles. The minimum Gasteiger partial charge on any atom is -0.303 e. The number of hydrogen-bond donors (Lipinski definition) is 1. The second-order valence-corrected chi connectivity index (χ2v) is 5.74. The number of likely N-dealkylation sites (tertiary alicyclic amines) is 1. The van der Waals surface area contributed by atoms with Crippen molar-refractivity contribution in [3.05, 3.63) is 41.5 Å². The van der Waals surface area contributed by atoms with Crippen LogP contribution in [0.1, 0.15) is 38.2 Å². The molecule has 0 spiro atoms. The Labute approximate surface area is 132 Å². The van der Waals surface area contributed by atoms with E-state index in [1.807, 2.05) is 43.3 Å². The number of nitrogens with zero attached hydrogens (tertiary/aromatic N) is 2. The highest BCUT2D eigenvalue weighted by Crippen LogP contribution is 2.08. The molecule has 22 heavy (non-hydrogen) atoms. The van der Waals surface area contributed by atoms with Crippen molar-refractivity contribution in [2.24, 2.45) is 5.10 Å². The summed E-state index contributed by atoms with van der Waals surface area (Å²) in [6.45, 7) is 5.04. The lowest BCUT2D eigenvalue weighted by Crippen LogP contribution is -2.33. The van der Waals surface area contributed by atoms with Crippen molar-refractivity contribution in [3.8, 4) is 0 Å². The normalized spacial score (nSPS) is 16.9. The highest BCUT2D eigenvalue weighted by atomic mass is 16.2. The van der Waals surface area contributed by atoms with Gasteiger partial charge >= 0.3 is 0 Å². The Morgan fingerprint density at radius 3 is 2.68 bits per heavy atom. The molecular weight excluding hydrogens is 274 g/mol. The zero-order valence-corrected chi connectivity index (χ0v) is 13.3. The summed E-state index contributed by atoms with van der Waals surface area (Å²) >= 11 is 0. The van der Waals surface area contributed by atoms with Crippen LogP contribution in [0.15, 0.2) is 41.0 Å². The smallest absolute Gasteiger partial charge is 0.241 e. The van der Waals surface area contributed by atoms with Crippen LogP contribution in [-0.4, -0.2) is 36.7 Å². The minimum atomic E-state index is -0.0191. The maximum absolute atomic E-state index is 11.8. The van der Waals surface area contributed by atoms with Crippen LogP contribution in [0.2, 0.25) is 0 Å². The molecule has 1 aromatic rings. The molecule has 0 atom stereocenters. The number of allylic oxidation sites excluding steroid dienone is 1. The lowest BCUT2D eigenvalue weighted by molar-refractivity contribution is -0.121. The number of carbonyl (C=O) groups is 1. The number of rotatable bonds is 6. The molecule has 118 valence electrons. The molecule has 1 N–H and O–H groups in total. The fraction of sp³-hybridized carbons (Fsp3) is 0.444. The lowest BCUT2D eigenvalue weighted by Gasteiger charge is -2.25. The molecule has 1 aliphatic rings. The van der Waals surface area contributed by atoms with E-state index in [1.54, 1.807) is 6.21 Å². The van der Waals surface area contributed by atoms with E-state index in [1.165, 1.54) is 19.3 Å². The largest absolute Gasteiger partial charge is 0.303 e. The van der Waals surface area contributed by atoms with Gasteiger partial charge in [-0.1, -0.05) is 42.8 Å². The van der Waals surface area contributed by atoms with Gasteiger partial charge in [0.05, 0.1) is 6.21 Å². The lowest BCUT2D eigenvalue weighted by atomic mass is 10.1. The molecule has 1 saturated heterocycles. The van der Waals surface area contributed by atoms with Crippen molar-refractivity contribution < 1.29 is 4.79 Å². The molecule has 0 unspecified atom stereocenters. The Morgan fingerprint density at radius 2 is 1.95 bits per heavy atom. The summed E-state index contributed by atoms with van der Waals surface area (Å²) in [6.07, 6.45) is 8.06. The Kier molecular flexibility index (Phi) is 6.84. The monoisotopic (exact) mass is 299 g/mol. The predicted molar refractivity (Wildman–Crippen MR) is 91.6 cm³/mol. The zero-order chi connectivity index (χ0) is 15.6. The molecule has 1 heterocycles. The van der Waals surface area contributed by atoms with E-state index in [0.717, 1.165) is 30.8 Å². The van der Waals surface area contributed by atoms with E-state index < -0.39 is 0 Å². The van der Waals surface area contributed by atoms with Crippen LogP contribution in [0.3, 0.4) is 0 Å². The maximum atomic E-state index is 11.8. The Bertz CT molecular complexity index is 516. The first-order chi connectivity index (χ1) is 10.7. The van der Waals surface area contributed by atoms with E-state index in [-0.39, 0.29) is 5.91 Å². The molecule has 1 aromatic carbocycles. The van der Waals surface area contributed by atoms with E-state index >= 15 is 0 Å². The second kappa shape index (κ2) is 9.15. The van der Waals surface area contributed by atoms with Gasteiger partial charge < -0.3 is 4.90 Å². The van der Waals surface area contributed by atoms with E-state index in [0.29, 0.717) is 6.42 Å². The molecule has 0 radical (unpaired) electrons. The van der Waals surface area contributed by atoms with Gasteiger partial charge in [-0.25, -0.2) is 5.43 Å². The molecular formula is C18H25N3O. The van der Waals surface area contributed by atoms with Crippen LogP contribution in [-0.2, 0) is 4.79 Å². The molecule has 0 aromatic heterocycles. The molecule has 4 nitrogen and oxygen atoms in total. The molecule has 4 heteroatoms. The SMILES string of the molecule is CC(/C=N/NC(=O)CCN1CCCCC1)=C\c1ccccc1. The molecule has 1 fully saturated rings. The topological polar surface area (TPSA) is 44.7 Å². The maximum Gasteiger partial charge on any atom is 0.241 e. The van der Waals surface area contributed by atoms with E-state index in [9.17, 15) is 4.79 Å². The first-order valence-corrected chi connectivity index (χ1v) is 8.01. The van der Waals surface area contributed by atoms with Crippen molar-refractivity contribution in [2.75, 3.05) is 19.6 Å². The number of amides is 1. The summed E-state index contributed by atoms with van der Waals surface area (Å²) in [4.78, 5) is 14.1. The van der Waals surface area contributed by atoms with Crippen LogP contribution in [0, 0.1) is 0 Å². The Hall–Kier alpha value is -1.94. The second-order valence-electron chi connectivity index (χ2n) is 5.74. The number of hydrogen-bond acceptors (Lipinski definition) is 3. The highest BCUT2D eigenvalue weighted by molar-refractivity contribution is 5.86. The number of nitrogens with one attached hydrogen (secondary N) is 1. The van der Waals surface area contributed by atoms with Gasteiger partial charge in [-0.2, -0.15) is 5.10 Å². The zero-order valence-electron chi connectivity index (χ0n) is 13.3. The first-order valence-electron chi connectivity index (χ1n) is 8.01. The third kappa shape index (κ3) is 6.22. The molecule has 1 amide bonds.